The van der Waals surface area contributed by atoms with Crippen molar-refractivity contribution in [3.8, 4) is 0 Å². The third kappa shape index (κ3) is 3.67. The van der Waals surface area contributed by atoms with Gasteiger partial charge in [0, 0.05) is 30.8 Å². The number of aromatic nitrogens is 1. The summed E-state index contributed by atoms with van der Waals surface area (Å²) in [6, 6.07) is 12.7. The number of nitrogens with zero attached hydrogens (tertiary/aromatic N) is 1. The molecule has 1 fully saturated rings. The van der Waals surface area contributed by atoms with Crippen LogP contribution in [0.5, 0.6) is 0 Å². The third-order valence-electron chi connectivity index (χ3n) is 5.39. The van der Waals surface area contributed by atoms with E-state index in [9.17, 15) is 9.59 Å². The Morgan fingerprint density at radius 3 is 2.61 bits per heavy atom. The zero-order chi connectivity index (χ0) is 19.5. The van der Waals surface area contributed by atoms with Gasteiger partial charge in [0.1, 0.15) is 5.69 Å². The van der Waals surface area contributed by atoms with Gasteiger partial charge in [-0.2, -0.15) is 0 Å². The molecular formula is C22H24N2O4. The van der Waals surface area contributed by atoms with Gasteiger partial charge in [-0.15, -0.1) is 0 Å². The summed E-state index contributed by atoms with van der Waals surface area (Å²) >= 11 is 0. The van der Waals surface area contributed by atoms with Crippen molar-refractivity contribution in [2.24, 2.45) is 7.05 Å². The van der Waals surface area contributed by atoms with Gasteiger partial charge in [-0.3, -0.25) is 4.79 Å². The molecule has 0 saturated heterocycles. The lowest BCUT2D eigenvalue weighted by molar-refractivity contribution is -0.131. The van der Waals surface area contributed by atoms with E-state index in [0.29, 0.717) is 16.8 Å². The van der Waals surface area contributed by atoms with E-state index in [0.717, 1.165) is 31.2 Å². The molecule has 6 nitrogen and oxygen atoms in total. The quantitative estimate of drug-likeness (QED) is 0.676. The Morgan fingerprint density at radius 1 is 1.14 bits per heavy atom. The maximum absolute atomic E-state index is 13.0. The largest absolute Gasteiger partial charge is 0.463 e. The van der Waals surface area contributed by atoms with Crippen LogP contribution >= 0.6 is 0 Å². The van der Waals surface area contributed by atoms with Crippen molar-refractivity contribution in [2.45, 2.75) is 44.2 Å². The number of hydrogen-bond acceptors (Lipinski definition) is 4. The molecule has 1 atom stereocenters. The van der Waals surface area contributed by atoms with Crippen molar-refractivity contribution in [1.82, 2.24) is 9.88 Å². The SMILES string of the molecule is Cn1c(C(=O)O[C@H](C(=O)NC2CCCCC2)c2ccccc2)cc2occc21. The Kier molecular flexibility index (Phi) is 5.19. The number of esters is 1. The van der Waals surface area contributed by atoms with Gasteiger partial charge in [0.25, 0.3) is 5.91 Å². The molecule has 2 heterocycles. The van der Waals surface area contributed by atoms with Gasteiger partial charge in [-0.05, 0) is 12.8 Å². The summed E-state index contributed by atoms with van der Waals surface area (Å²) in [5.41, 5.74) is 2.41. The number of aryl methyl sites for hydroxylation is 1. The van der Waals surface area contributed by atoms with Crippen molar-refractivity contribution < 1.29 is 18.7 Å². The molecule has 6 heteroatoms. The fourth-order valence-corrected chi connectivity index (χ4v) is 3.84. The first-order chi connectivity index (χ1) is 13.6. The highest BCUT2D eigenvalue weighted by Crippen LogP contribution is 2.25. The summed E-state index contributed by atoms with van der Waals surface area (Å²) in [5.74, 6) is -0.828. The number of furan rings is 1. The van der Waals surface area contributed by atoms with Crippen LogP contribution in [0.25, 0.3) is 11.1 Å². The molecule has 1 saturated carbocycles. The molecule has 3 aromatic rings. The second kappa shape index (κ2) is 7.92. The van der Waals surface area contributed by atoms with Crippen LogP contribution in [0, 0.1) is 0 Å². The Labute approximate surface area is 163 Å². The monoisotopic (exact) mass is 380 g/mol. The number of fused-ring (bicyclic) bond motifs is 1. The number of carbonyl (C=O) groups excluding carboxylic acids is 2. The molecular weight excluding hydrogens is 356 g/mol. The first-order valence-electron chi connectivity index (χ1n) is 9.72. The first kappa shape index (κ1) is 18.3. The molecule has 1 aliphatic carbocycles. The highest BCUT2D eigenvalue weighted by atomic mass is 16.5. The third-order valence-corrected chi connectivity index (χ3v) is 5.39. The minimum absolute atomic E-state index is 0.142. The van der Waals surface area contributed by atoms with Gasteiger partial charge >= 0.3 is 5.97 Å². The topological polar surface area (TPSA) is 73.5 Å². The summed E-state index contributed by atoms with van der Waals surface area (Å²) in [4.78, 5) is 25.8. The maximum atomic E-state index is 13.0. The van der Waals surface area contributed by atoms with Crippen LogP contribution < -0.4 is 5.32 Å². The predicted octanol–water partition coefficient (Wildman–Crippen LogP) is 4.12. The van der Waals surface area contributed by atoms with Crippen LogP contribution in [0.1, 0.15) is 54.3 Å². The molecule has 0 radical (unpaired) electrons. The number of amides is 1. The molecule has 0 unspecified atom stereocenters. The number of hydrogen-bond donors (Lipinski definition) is 1. The zero-order valence-corrected chi connectivity index (χ0v) is 15.9. The fourth-order valence-electron chi connectivity index (χ4n) is 3.84. The number of rotatable bonds is 5. The van der Waals surface area contributed by atoms with Gasteiger partial charge in [0.05, 0.1) is 11.8 Å². The molecule has 1 N–H and O–H groups in total. The summed E-state index contributed by atoms with van der Waals surface area (Å²) < 4.78 is 12.8. The van der Waals surface area contributed by atoms with E-state index in [4.69, 9.17) is 9.15 Å². The summed E-state index contributed by atoms with van der Waals surface area (Å²) in [7, 11) is 1.77. The van der Waals surface area contributed by atoms with Crippen molar-refractivity contribution >= 4 is 23.0 Å². The number of nitrogens with one attached hydrogen (secondary N) is 1. The molecule has 1 amide bonds. The Bertz CT molecular complexity index is 967. The standard InChI is InChI=1S/C22H24N2O4/c1-24-17-12-13-27-19(17)14-18(24)22(26)28-20(15-8-4-2-5-9-15)21(25)23-16-10-6-3-7-11-16/h2,4-5,8-9,12-14,16,20H,3,6-7,10-11H2,1H3,(H,23,25)/t20-/m0/s1. The van der Waals surface area contributed by atoms with Gasteiger partial charge in [-0.25, -0.2) is 4.79 Å². The summed E-state index contributed by atoms with van der Waals surface area (Å²) in [6.45, 7) is 0. The lowest BCUT2D eigenvalue weighted by Gasteiger charge is -2.25. The van der Waals surface area contributed by atoms with E-state index < -0.39 is 12.1 Å². The minimum Gasteiger partial charge on any atom is -0.463 e. The lowest BCUT2D eigenvalue weighted by atomic mass is 9.95. The minimum atomic E-state index is -0.989. The van der Waals surface area contributed by atoms with Crippen molar-refractivity contribution in [1.29, 1.82) is 0 Å². The molecule has 0 bridgehead atoms. The smallest absolute Gasteiger partial charge is 0.356 e. The van der Waals surface area contributed by atoms with Crippen LogP contribution in [-0.4, -0.2) is 22.5 Å². The highest BCUT2D eigenvalue weighted by molar-refractivity contribution is 5.95. The highest BCUT2D eigenvalue weighted by Gasteiger charge is 2.29. The first-order valence-corrected chi connectivity index (χ1v) is 9.72. The number of ether oxygens (including phenoxy) is 1. The number of carbonyl (C=O) groups is 2. The average Bonchev–Trinajstić information content (AvgIpc) is 3.30. The van der Waals surface area contributed by atoms with Gasteiger partial charge in [0.2, 0.25) is 6.10 Å². The number of benzene rings is 1. The molecule has 146 valence electrons. The van der Waals surface area contributed by atoms with Gasteiger partial charge < -0.3 is 19.0 Å². The fraction of sp³-hybridized carbons (Fsp3) is 0.364. The van der Waals surface area contributed by atoms with Crippen LogP contribution in [-0.2, 0) is 16.6 Å². The van der Waals surface area contributed by atoms with Gasteiger partial charge in [0.15, 0.2) is 5.58 Å². The van der Waals surface area contributed by atoms with E-state index in [1.165, 1.54) is 6.42 Å². The average molecular weight is 380 g/mol. The Hall–Kier alpha value is -3.02. The molecule has 0 aliphatic heterocycles. The summed E-state index contributed by atoms with van der Waals surface area (Å²) in [5, 5.41) is 3.07. The van der Waals surface area contributed by atoms with Crippen molar-refractivity contribution in [3.63, 3.8) is 0 Å². The van der Waals surface area contributed by atoms with E-state index in [1.54, 1.807) is 42.1 Å². The maximum Gasteiger partial charge on any atom is 0.356 e. The molecule has 0 spiro atoms. The van der Waals surface area contributed by atoms with E-state index >= 15 is 0 Å². The normalized spacial score (nSPS) is 16.0. The Balaban J connectivity index is 1.56. The summed E-state index contributed by atoms with van der Waals surface area (Å²) in [6.07, 6.45) is 5.95. The van der Waals surface area contributed by atoms with Crippen molar-refractivity contribution in [2.75, 3.05) is 0 Å². The lowest BCUT2D eigenvalue weighted by Crippen LogP contribution is -2.40. The van der Waals surface area contributed by atoms with Crippen LogP contribution in [0.3, 0.4) is 0 Å². The molecule has 4 rings (SSSR count). The van der Waals surface area contributed by atoms with E-state index in [2.05, 4.69) is 5.32 Å². The predicted molar refractivity (Wildman–Crippen MR) is 105 cm³/mol. The second-order valence-electron chi connectivity index (χ2n) is 7.30. The van der Waals surface area contributed by atoms with Crippen molar-refractivity contribution in [3.05, 3.63) is 60.0 Å². The molecule has 2 aromatic heterocycles. The van der Waals surface area contributed by atoms with Crippen LogP contribution in [0.15, 0.2) is 53.1 Å². The molecule has 28 heavy (non-hydrogen) atoms. The van der Waals surface area contributed by atoms with Crippen LogP contribution in [0.4, 0.5) is 0 Å². The van der Waals surface area contributed by atoms with E-state index in [1.807, 2.05) is 18.2 Å². The van der Waals surface area contributed by atoms with Crippen LogP contribution in [0.2, 0.25) is 0 Å². The Morgan fingerprint density at radius 2 is 1.89 bits per heavy atom. The van der Waals surface area contributed by atoms with Gasteiger partial charge in [-0.1, -0.05) is 49.6 Å². The zero-order valence-electron chi connectivity index (χ0n) is 15.9. The molecule has 1 aromatic carbocycles. The second-order valence-corrected chi connectivity index (χ2v) is 7.30. The molecule has 1 aliphatic rings. The van der Waals surface area contributed by atoms with E-state index in [-0.39, 0.29) is 11.9 Å².